The van der Waals surface area contributed by atoms with E-state index in [0.717, 1.165) is 0 Å². The topological polar surface area (TPSA) is 83.6 Å². The number of carbonyl (C=O) groups is 2. The molecule has 1 aliphatic rings. The second kappa shape index (κ2) is 4.57. The van der Waals surface area contributed by atoms with Crippen molar-refractivity contribution in [2.75, 3.05) is 13.1 Å². The molecule has 6 heteroatoms. The predicted molar refractivity (Wildman–Crippen MR) is 57.3 cm³/mol. The van der Waals surface area contributed by atoms with Crippen molar-refractivity contribution in [3.63, 3.8) is 0 Å². The molecule has 1 amide bonds. The molecule has 1 aromatic rings. The minimum atomic E-state index is -0.836. The van der Waals surface area contributed by atoms with Gasteiger partial charge in [-0.1, -0.05) is 5.16 Å². The van der Waals surface area contributed by atoms with Gasteiger partial charge in [0.1, 0.15) is 5.76 Å². The van der Waals surface area contributed by atoms with Crippen molar-refractivity contribution in [1.29, 1.82) is 0 Å². The van der Waals surface area contributed by atoms with Crippen LogP contribution in [0.1, 0.15) is 17.9 Å². The fraction of sp³-hybridized carbons (Fsp3) is 0.545. The number of nitrogens with zero attached hydrogens (tertiary/aromatic N) is 2. The van der Waals surface area contributed by atoms with Gasteiger partial charge in [-0.15, -0.1) is 0 Å². The lowest BCUT2D eigenvalue weighted by atomic mass is 10.1. The van der Waals surface area contributed by atoms with Gasteiger partial charge in [0.25, 0.3) is 0 Å². The van der Waals surface area contributed by atoms with Gasteiger partial charge in [0, 0.05) is 19.2 Å². The first-order valence-electron chi connectivity index (χ1n) is 5.49. The average molecular weight is 238 g/mol. The van der Waals surface area contributed by atoms with Gasteiger partial charge >= 0.3 is 5.97 Å². The maximum Gasteiger partial charge on any atom is 0.308 e. The molecule has 1 aromatic heterocycles. The van der Waals surface area contributed by atoms with Gasteiger partial charge in [-0.3, -0.25) is 9.59 Å². The summed E-state index contributed by atoms with van der Waals surface area (Å²) in [4.78, 5) is 24.2. The highest BCUT2D eigenvalue weighted by atomic mass is 16.5. The Labute approximate surface area is 98.2 Å². The zero-order valence-corrected chi connectivity index (χ0v) is 9.55. The van der Waals surface area contributed by atoms with Gasteiger partial charge in [0.15, 0.2) is 0 Å². The molecule has 6 nitrogen and oxygen atoms in total. The summed E-state index contributed by atoms with van der Waals surface area (Å²) in [6.07, 6.45) is 0.697. The Balaban J connectivity index is 1.91. The molecule has 17 heavy (non-hydrogen) atoms. The number of likely N-dealkylation sites (tertiary alicyclic amines) is 1. The van der Waals surface area contributed by atoms with Gasteiger partial charge in [-0.25, -0.2) is 0 Å². The molecule has 1 atom stereocenters. The normalized spacial score (nSPS) is 19.6. The summed E-state index contributed by atoms with van der Waals surface area (Å²) in [6, 6.07) is 1.71. The lowest BCUT2D eigenvalue weighted by Crippen LogP contribution is -2.31. The zero-order chi connectivity index (χ0) is 12.4. The molecule has 0 bridgehead atoms. The lowest BCUT2D eigenvalue weighted by Gasteiger charge is -2.14. The van der Waals surface area contributed by atoms with Gasteiger partial charge in [0.05, 0.1) is 18.0 Å². The molecule has 1 saturated heterocycles. The standard InChI is InChI=1S/C11H14N2O4/c1-7-4-9(12-17-7)5-10(14)13-3-2-8(6-13)11(15)16/h4,8H,2-3,5-6H2,1H3,(H,15,16). The van der Waals surface area contributed by atoms with Crippen LogP contribution in [0.25, 0.3) is 0 Å². The molecule has 1 fully saturated rings. The van der Waals surface area contributed by atoms with E-state index in [1.54, 1.807) is 17.9 Å². The van der Waals surface area contributed by atoms with Crippen LogP contribution in [-0.4, -0.2) is 40.1 Å². The van der Waals surface area contributed by atoms with Crippen molar-refractivity contribution in [3.05, 3.63) is 17.5 Å². The molecule has 92 valence electrons. The van der Waals surface area contributed by atoms with E-state index in [-0.39, 0.29) is 12.3 Å². The Morgan fingerprint density at radius 3 is 2.94 bits per heavy atom. The van der Waals surface area contributed by atoms with E-state index >= 15 is 0 Å². The first-order valence-corrected chi connectivity index (χ1v) is 5.49. The molecule has 0 aliphatic carbocycles. The van der Waals surface area contributed by atoms with E-state index < -0.39 is 11.9 Å². The minimum absolute atomic E-state index is 0.0953. The summed E-state index contributed by atoms with van der Waals surface area (Å²) in [5.41, 5.74) is 0.589. The number of amides is 1. The van der Waals surface area contributed by atoms with Crippen LogP contribution in [0.3, 0.4) is 0 Å². The third kappa shape index (κ3) is 2.64. The van der Waals surface area contributed by atoms with Gasteiger partial charge in [-0.05, 0) is 13.3 Å². The SMILES string of the molecule is Cc1cc(CC(=O)N2CCC(C(=O)O)C2)no1. The monoisotopic (exact) mass is 238 g/mol. The highest BCUT2D eigenvalue weighted by molar-refractivity contribution is 5.80. The number of hydrogen-bond donors (Lipinski definition) is 1. The van der Waals surface area contributed by atoms with Gasteiger partial charge < -0.3 is 14.5 Å². The molecular formula is C11H14N2O4. The van der Waals surface area contributed by atoms with Crippen LogP contribution in [0, 0.1) is 12.8 Å². The number of carboxylic acids is 1. The van der Waals surface area contributed by atoms with E-state index in [9.17, 15) is 9.59 Å². The minimum Gasteiger partial charge on any atom is -0.481 e. The summed E-state index contributed by atoms with van der Waals surface area (Å²) in [5, 5.41) is 12.6. The Morgan fingerprint density at radius 2 is 2.41 bits per heavy atom. The number of carbonyl (C=O) groups excluding carboxylic acids is 1. The fourth-order valence-electron chi connectivity index (χ4n) is 1.96. The quantitative estimate of drug-likeness (QED) is 0.827. The summed E-state index contributed by atoms with van der Waals surface area (Å²) in [6.45, 7) is 2.56. The van der Waals surface area contributed by atoms with Crippen LogP contribution < -0.4 is 0 Å². The number of carboxylic acid groups (broad SMARTS) is 1. The highest BCUT2D eigenvalue weighted by Crippen LogP contribution is 2.17. The van der Waals surface area contributed by atoms with Crippen molar-refractivity contribution < 1.29 is 19.2 Å². The first kappa shape index (κ1) is 11.6. The number of aromatic nitrogens is 1. The zero-order valence-electron chi connectivity index (χ0n) is 9.55. The number of aryl methyl sites for hydroxylation is 1. The van der Waals surface area contributed by atoms with Crippen LogP contribution in [0.5, 0.6) is 0 Å². The third-order valence-corrected chi connectivity index (χ3v) is 2.90. The Hall–Kier alpha value is -1.85. The maximum absolute atomic E-state index is 11.8. The second-order valence-electron chi connectivity index (χ2n) is 4.27. The van der Waals surface area contributed by atoms with E-state index in [1.165, 1.54) is 0 Å². The molecule has 1 aliphatic heterocycles. The maximum atomic E-state index is 11.8. The Kier molecular flexibility index (Phi) is 3.12. The molecule has 0 spiro atoms. The molecule has 0 saturated carbocycles. The van der Waals surface area contributed by atoms with Crippen molar-refractivity contribution in [2.45, 2.75) is 19.8 Å². The van der Waals surface area contributed by atoms with Crippen LogP contribution in [0.2, 0.25) is 0 Å². The van der Waals surface area contributed by atoms with Crippen molar-refractivity contribution in [1.82, 2.24) is 10.1 Å². The highest BCUT2D eigenvalue weighted by Gasteiger charge is 2.30. The summed E-state index contributed by atoms with van der Waals surface area (Å²) in [7, 11) is 0. The van der Waals surface area contributed by atoms with E-state index in [1.807, 2.05) is 0 Å². The first-order chi connectivity index (χ1) is 8.06. The van der Waals surface area contributed by atoms with E-state index in [2.05, 4.69) is 5.16 Å². The molecule has 2 rings (SSSR count). The molecular weight excluding hydrogens is 224 g/mol. The Morgan fingerprint density at radius 1 is 1.65 bits per heavy atom. The molecule has 0 radical (unpaired) electrons. The third-order valence-electron chi connectivity index (χ3n) is 2.90. The summed E-state index contributed by atoms with van der Waals surface area (Å²) >= 11 is 0. The van der Waals surface area contributed by atoms with Crippen molar-refractivity contribution in [3.8, 4) is 0 Å². The second-order valence-corrected chi connectivity index (χ2v) is 4.27. The number of aliphatic carboxylic acids is 1. The van der Waals surface area contributed by atoms with Crippen molar-refractivity contribution in [2.24, 2.45) is 5.92 Å². The molecule has 1 N–H and O–H groups in total. The van der Waals surface area contributed by atoms with E-state index in [4.69, 9.17) is 9.63 Å². The fourth-order valence-corrected chi connectivity index (χ4v) is 1.96. The predicted octanol–water partition coefficient (Wildman–Crippen LogP) is 0.459. The lowest BCUT2D eigenvalue weighted by molar-refractivity contribution is -0.141. The van der Waals surface area contributed by atoms with Crippen LogP contribution >= 0.6 is 0 Å². The summed E-state index contributed by atoms with van der Waals surface area (Å²) in [5.74, 6) is -0.699. The van der Waals surface area contributed by atoms with Crippen LogP contribution in [0.4, 0.5) is 0 Å². The van der Waals surface area contributed by atoms with Crippen LogP contribution in [-0.2, 0) is 16.0 Å². The molecule has 2 heterocycles. The average Bonchev–Trinajstić information content (AvgIpc) is 2.86. The smallest absolute Gasteiger partial charge is 0.308 e. The van der Waals surface area contributed by atoms with Crippen LogP contribution in [0.15, 0.2) is 10.6 Å². The van der Waals surface area contributed by atoms with Crippen molar-refractivity contribution >= 4 is 11.9 Å². The van der Waals surface area contributed by atoms with E-state index in [0.29, 0.717) is 31.0 Å². The van der Waals surface area contributed by atoms with Gasteiger partial charge in [-0.2, -0.15) is 0 Å². The number of hydrogen-bond acceptors (Lipinski definition) is 4. The number of rotatable bonds is 3. The largest absolute Gasteiger partial charge is 0.481 e. The molecule has 1 unspecified atom stereocenters. The summed E-state index contributed by atoms with van der Waals surface area (Å²) < 4.78 is 4.87. The van der Waals surface area contributed by atoms with Gasteiger partial charge in [0.2, 0.25) is 5.91 Å². The Bertz CT molecular complexity index is 440. The molecule has 0 aromatic carbocycles.